The first-order chi connectivity index (χ1) is 21.5. The lowest BCUT2D eigenvalue weighted by Crippen LogP contribution is -2.37. The zero-order chi connectivity index (χ0) is 32.1. The lowest BCUT2D eigenvalue weighted by molar-refractivity contribution is -0.274. The number of nitrogens with one attached hydrogen (secondary N) is 1. The Morgan fingerprint density at radius 2 is 1.80 bits per heavy atom. The molecule has 2 heterocycles. The standard InChI is InChI=1S/C32H30F3N7O2S/c1-20-15-21(2)28(22(3)16-20)41-13-4-14-45-31(41)39-30(43)37-18-25(17-36)23-5-7-24(8-6-23)29-38-19-42(40-29)26-9-11-27(12-10-26)44-32(33,34)35/h5-12,15-16,19,25H,4,13-14,18H2,1-3H3,(H,37,43)/b39-31-. The van der Waals surface area contributed by atoms with Gasteiger partial charge in [0.2, 0.25) is 0 Å². The number of thioether (sulfide) groups is 1. The first kappa shape index (κ1) is 31.6. The van der Waals surface area contributed by atoms with E-state index in [2.05, 4.69) is 69.0 Å². The first-order valence-electron chi connectivity index (χ1n) is 14.1. The Hall–Kier alpha value is -4.83. The second kappa shape index (κ2) is 13.4. The number of carbonyl (C=O) groups excluding carboxylic acids is 1. The summed E-state index contributed by atoms with van der Waals surface area (Å²) in [5, 5.41) is 17.7. The van der Waals surface area contributed by atoms with E-state index in [0.717, 1.165) is 35.5 Å². The van der Waals surface area contributed by atoms with Gasteiger partial charge in [-0.3, -0.25) is 0 Å². The molecule has 3 aromatic carbocycles. The Morgan fingerprint density at radius 1 is 1.11 bits per heavy atom. The average Bonchev–Trinajstić information content (AvgIpc) is 3.48. The molecule has 1 saturated heterocycles. The van der Waals surface area contributed by atoms with Crippen LogP contribution < -0.4 is 15.0 Å². The molecule has 0 spiro atoms. The Balaban J connectivity index is 1.22. The minimum atomic E-state index is -4.77. The van der Waals surface area contributed by atoms with Crippen LogP contribution in [0.3, 0.4) is 0 Å². The Labute approximate surface area is 262 Å². The molecule has 0 radical (unpaired) electrons. The minimum absolute atomic E-state index is 0.0830. The molecule has 1 unspecified atom stereocenters. The van der Waals surface area contributed by atoms with E-state index < -0.39 is 18.3 Å². The zero-order valence-corrected chi connectivity index (χ0v) is 25.6. The molecule has 1 aliphatic heterocycles. The summed E-state index contributed by atoms with van der Waals surface area (Å²) in [6, 6.07) is 18.3. The summed E-state index contributed by atoms with van der Waals surface area (Å²) in [6.45, 7) is 7.05. The number of ether oxygens (including phenoxy) is 1. The number of amides is 2. The molecule has 1 fully saturated rings. The number of nitriles is 1. The molecule has 0 bridgehead atoms. The normalized spacial score (nSPS) is 15.0. The highest BCUT2D eigenvalue weighted by molar-refractivity contribution is 8.14. The fourth-order valence-corrected chi connectivity index (χ4v) is 6.14. The molecule has 1 N–H and O–H groups in total. The molecule has 45 heavy (non-hydrogen) atoms. The molecule has 2 amide bonds. The number of anilines is 1. The van der Waals surface area contributed by atoms with E-state index in [-0.39, 0.29) is 12.3 Å². The SMILES string of the molecule is Cc1cc(C)c(N2CCCS/C2=N\C(=O)NCC(C#N)c2ccc(-c3ncn(-c4ccc(OC(F)(F)F)cc4)n3)cc2)c(C)c1. The van der Waals surface area contributed by atoms with Crippen LogP contribution in [-0.2, 0) is 0 Å². The number of amidine groups is 1. The van der Waals surface area contributed by atoms with Crippen LogP contribution in [0.5, 0.6) is 5.75 Å². The van der Waals surface area contributed by atoms with Crippen LogP contribution in [-0.4, -0.2) is 51.2 Å². The molecule has 1 aliphatic rings. The number of nitrogens with zero attached hydrogens (tertiary/aromatic N) is 6. The fourth-order valence-electron chi connectivity index (χ4n) is 5.20. The summed E-state index contributed by atoms with van der Waals surface area (Å²) in [4.78, 5) is 23.6. The van der Waals surface area contributed by atoms with Crippen molar-refractivity contribution in [2.45, 2.75) is 39.5 Å². The quantitative estimate of drug-likeness (QED) is 0.232. The Bertz CT molecular complexity index is 1720. The van der Waals surface area contributed by atoms with Gasteiger partial charge in [0.05, 0.1) is 17.7 Å². The van der Waals surface area contributed by atoms with E-state index in [9.17, 15) is 23.2 Å². The molecular formula is C32H30F3N7O2S. The third-order valence-corrected chi connectivity index (χ3v) is 8.16. The highest BCUT2D eigenvalue weighted by Gasteiger charge is 2.31. The molecule has 1 aromatic heterocycles. The van der Waals surface area contributed by atoms with E-state index in [1.165, 1.54) is 40.8 Å². The number of aryl methyl sites for hydroxylation is 3. The van der Waals surface area contributed by atoms with Crippen molar-refractivity contribution >= 4 is 28.6 Å². The van der Waals surface area contributed by atoms with Crippen LogP contribution in [0.15, 0.2) is 72.0 Å². The predicted molar refractivity (Wildman–Crippen MR) is 168 cm³/mol. The van der Waals surface area contributed by atoms with Crippen molar-refractivity contribution in [3.63, 3.8) is 0 Å². The molecule has 4 aromatic rings. The first-order valence-corrected chi connectivity index (χ1v) is 15.1. The average molecular weight is 634 g/mol. The highest BCUT2D eigenvalue weighted by atomic mass is 32.2. The van der Waals surface area contributed by atoms with E-state index >= 15 is 0 Å². The third-order valence-electron chi connectivity index (χ3n) is 7.10. The summed E-state index contributed by atoms with van der Waals surface area (Å²) in [5.41, 5.74) is 6.40. The van der Waals surface area contributed by atoms with Crippen molar-refractivity contribution in [1.82, 2.24) is 20.1 Å². The summed E-state index contributed by atoms with van der Waals surface area (Å²) in [5.74, 6) is 0.321. The van der Waals surface area contributed by atoms with Gasteiger partial charge in [-0.25, -0.2) is 14.5 Å². The molecule has 9 nitrogen and oxygen atoms in total. The van der Waals surface area contributed by atoms with Gasteiger partial charge in [0.25, 0.3) is 0 Å². The number of urea groups is 1. The predicted octanol–water partition coefficient (Wildman–Crippen LogP) is 7.07. The number of hydrogen-bond donors (Lipinski definition) is 1. The largest absolute Gasteiger partial charge is 0.573 e. The lowest BCUT2D eigenvalue weighted by Gasteiger charge is -2.32. The van der Waals surface area contributed by atoms with Gasteiger partial charge in [0.1, 0.15) is 12.1 Å². The van der Waals surface area contributed by atoms with Crippen molar-refractivity contribution in [3.8, 4) is 28.9 Å². The highest BCUT2D eigenvalue weighted by Crippen LogP contribution is 2.32. The molecule has 5 rings (SSSR count). The summed E-state index contributed by atoms with van der Waals surface area (Å²) in [7, 11) is 0. The maximum Gasteiger partial charge on any atom is 0.573 e. The van der Waals surface area contributed by atoms with Crippen LogP contribution in [0, 0.1) is 32.1 Å². The molecule has 13 heteroatoms. The monoisotopic (exact) mass is 633 g/mol. The van der Waals surface area contributed by atoms with Gasteiger partial charge in [-0.1, -0.05) is 53.7 Å². The smallest absolute Gasteiger partial charge is 0.406 e. The minimum Gasteiger partial charge on any atom is -0.406 e. The molecule has 0 saturated carbocycles. The van der Waals surface area contributed by atoms with Crippen molar-refractivity contribution in [2.75, 3.05) is 23.7 Å². The Kier molecular flexibility index (Phi) is 9.43. The number of hydrogen-bond acceptors (Lipinski definition) is 6. The number of alkyl halides is 3. The van der Waals surface area contributed by atoms with Crippen LogP contribution in [0.4, 0.5) is 23.7 Å². The van der Waals surface area contributed by atoms with E-state index in [4.69, 9.17) is 0 Å². The molecular weight excluding hydrogens is 603 g/mol. The maximum atomic E-state index is 12.9. The van der Waals surface area contributed by atoms with Gasteiger partial charge in [0.15, 0.2) is 11.0 Å². The molecule has 0 aliphatic carbocycles. The summed E-state index contributed by atoms with van der Waals surface area (Å²) in [6.07, 6.45) is -2.34. The Morgan fingerprint density at radius 3 is 2.44 bits per heavy atom. The number of rotatable bonds is 7. The number of benzene rings is 3. The number of aromatic nitrogens is 3. The summed E-state index contributed by atoms with van der Waals surface area (Å²) < 4.78 is 42.6. The van der Waals surface area contributed by atoms with Gasteiger partial charge < -0.3 is 15.0 Å². The number of aliphatic imine (C=N–C) groups is 1. The van der Waals surface area contributed by atoms with Gasteiger partial charge >= 0.3 is 12.4 Å². The zero-order valence-electron chi connectivity index (χ0n) is 24.8. The lowest BCUT2D eigenvalue weighted by atomic mass is 9.99. The van der Waals surface area contributed by atoms with Crippen LogP contribution >= 0.6 is 11.8 Å². The summed E-state index contributed by atoms with van der Waals surface area (Å²) >= 11 is 1.54. The van der Waals surface area contributed by atoms with Gasteiger partial charge in [-0.2, -0.15) is 10.3 Å². The van der Waals surface area contributed by atoms with Crippen molar-refractivity contribution in [2.24, 2.45) is 4.99 Å². The van der Waals surface area contributed by atoms with Gasteiger partial charge in [-0.05, 0) is 68.1 Å². The van der Waals surface area contributed by atoms with E-state index in [1.54, 1.807) is 36.0 Å². The van der Waals surface area contributed by atoms with Crippen LogP contribution in [0.25, 0.3) is 17.1 Å². The van der Waals surface area contributed by atoms with Crippen LogP contribution in [0.2, 0.25) is 0 Å². The van der Waals surface area contributed by atoms with Crippen LogP contribution in [0.1, 0.15) is 34.6 Å². The fraction of sp³-hybridized carbons (Fsp3) is 0.281. The van der Waals surface area contributed by atoms with Gasteiger partial charge in [-0.15, -0.1) is 18.3 Å². The van der Waals surface area contributed by atoms with Crippen molar-refractivity contribution in [3.05, 3.63) is 89.2 Å². The molecule has 1 atom stereocenters. The van der Waals surface area contributed by atoms with E-state index in [0.29, 0.717) is 27.8 Å². The third kappa shape index (κ3) is 7.82. The maximum absolute atomic E-state index is 12.9. The number of carbonyl (C=O) groups is 1. The van der Waals surface area contributed by atoms with Gasteiger partial charge in [0, 0.05) is 30.1 Å². The van der Waals surface area contributed by atoms with Crippen molar-refractivity contribution < 1.29 is 22.7 Å². The van der Waals surface area contributed by atoms with E-state index in [1.807, 2.05) is 0 Å². The molecule has 232 valence electrons. The second-order valence-corrected chi connectivity index (χ2v) is 11.6. The topological polar surface area (TPSA) is 108 Å². The second-order valence-electron chi connectivity index (χ2n) is 10.5. The number of halogens is 3. The van der Waals surface area contributed by atoms with Crippen molar-refractivity contribution in [1.29, 1.82) is 5.26 Å².